The fourth-order valence-corrected chi connectivity index (χ4v) is 4.05. The van der Waals surface area contributed by atoms with Crippen molar-refractivity contribution >= 4 is 5.91 Å². The van der Waals surface area contributed by atoms with Crippen LogP contribution in [0.25, 0.3) is 0 Å². The number of carbonyl (C=O) groups excluding carboxylic acids is 1. The summed E-state index contributed by atoms with van der Waals surface area (Å²) >= 11 is 0. The van der Waals surface area contributed by atoms with Gasteiger partial charge in [-0.2, -0.15) is 0 Å². The van der Waals surface area contributed by atoms with Crippen molar-refractivity contribution in [3.63, 3.8) is 0 Å². The summed E-state index contributed by atoms with van der Waals surface area (Å²) in [4.78, 5) is 16.9. The molecule has 2 saturated carbocycles. The molecule has 2 aromatic rings. The number of imidazole rings is 1. The summed E-state index contributed by atoms with van der Waals surface area (Å²) in [6.45, 7) is 0.716. The summed E-state index contributed by atoms with van der Waals surface area (Å²) in [6.07, 6.45) is 11.6. The van der Waals surface area contributed by atoms with Gasteiger partial charge in [0.05, 0.1) is 11.7 Å². The van der Waals surface area contributed by atoms with Crippen LogP contribution in [0.15, 0.2) is 43.0 Å². The Labute approximate surface area is 147 Å². The Hall–Kier alpha value is -2.17. The molecule has 0 unspecified atom stereocenters. The number of carbonyl (C=O) groups is 1. The lowest BCUT2D eigenvalue weighted by Crippen LogP contribution is -2.43. The molecule has 4 rings (SSSR count). The minimum absolute atomic E-state index is 0.192. The molecule has 0 radical (unpaired) electrons. The molecule has 0 bridgehead atoms. The first-order valence-electron chi connectivity index (χ1n) is 9.16. The van der Waals surface area contributed by atoms with Crippen LogP contribution in [0.2, 0.25) is 0 Å². The van der Waals surface area contributed by atoms with Crippen molar-refractivity contribution in [1.82, 2.24) is 14.9 Å². The molecule has 1 heterocycles. The van der Waals surface area contributed by atoms with Gasteiger partial charge in [0.25, 0.3) is 0 Å². The van der Waals surface area contributed by atoms with Crippen molar-refractivity contribution in [2.24, 2.45) is 11.3 Å². The quantitative estimate of drug-likeness (QED) is 0.876. The van der Waals surface area contributed by atoms with Crippen molar-refractivity contribution in [2.75, 3.05) is 0 Å². The van der Waals surface area contributed by atoms with E-state index in [4.69, 9.17) is 0 Å². The summed E-state index contributed by atoms with van der Waals surface area (Å²) in [6, 6.07) is 6.98. The van der Waals surface area contributed by atoms with Crippen LogP contribution in [0.5, 0.6) is 0 Å². The van der Waals surface area contributed by atoms with E-state index in [1.807, 2.05) is 22.9 Å². The predicted octanol–water partition coefficient (Wildman–Crippen LogP) is 3.33. The van der Waals surface area contributed by atoms with Crippen molar-refractivity contribution in [1.29, 1.82) is 0 Å². The minimum atomic E-state index is -0.246. The first-order chi connectivity index (χ1) is 12.1. The number of hydrogen-bond donors (Lipinski definition) is 1. The lowest BCUT2D eigenvalue weighted by molar-refractivity contribution is -0.127. The van der Waals surface area contributed by atoms with Gasteiger partial charge < -0.3 is 9.88 Å². The standard InChI is InChI=1S/C20H24FN3O/c21-17-6-4-15(5-7-17)12-16-2-1-3-18(16)23-19(25)20(8-9-20)13-24-11-10-22-14-24/h4-7,10-11,14,16,18H,1-3,8-9,12-13H2,(H,23,25)/t16-,18-/m0/s1. The Balaban J connectivity index is 1.37. The lowest BCUT2D eigenvalue weighted by atomic mass is 9.94. The zero-order chi connectivity index (χ0) is 17.3. The first-order valence-corrected chi connectivity index (χ1v) is 9.16. The molecule has 1 aromatic heterocycles. The van der Waals surface area contributed by atoms with Gasteiger partial charge in [0.1, 0.15) is 5.82 Å². The third-order valence-corrected chi connectivity index (χ3v) is 5.77. The van der Waals surface area contributed by atoms with Gasteiger partial charge >= 0.3 is 0 Å². The Morgan fingerprint density at radius 3 is 2.76 bits per heavy atom. The molecule has 25 heavy (non-hydrogen) atoms. The van der Waals surface area contributed by atoms with E-state index in [0.29, 0.717) is 12.5 Å². The van der Waals surface area contributed by atoms with Gasteiger partial charge in [-0.1, -0.05) is 18.6 Å². The van der Waals surface area contributed by atoms with Crippen molar-refractivity contribution < 1.29 is 9.18 Å². The molecule has 1 N–H and O–H groups in total. The first kappa shape index (κ1) is 16.3. The molecule has 1 amide bonds. The third-order valence-electron chi connectivity index (χ3n) is 5.77. The lowest BCUT2D eigenvalue weighted by Gasteiger charge is -2.24. The van der Waals surface area contributed by atoms with Gasteiger partial charge in [-0.15, -0.1) is 0 Å². The Bertz CT molecular complexity index is 722. The van der Waals surface area contributed by atoms with Gasteiger partial charge in [-0.25, -0.2) is 9.37 Å². The summed E-state index contributed by atoms with van der Waals surface area (Å²) in [5.74, 6) is 0.436. The molecule has 2 aliphatic carbocycles. The smallest absolute Gasteiger partial charge is 0.228 e. The summed E-state index contributed by atoms with van der Waals surface area (Å²) in [5, 5.41) is 3.33. The monoisotopic (exact) mass is 341 g/mol. The minimum Gasteiger partial charge on any atom is -0.353 e. The highest BCUT2D eigenvalue weighted by molar-refractivity contribution is 5.85. The molecule has 0 saturated heterocycles. The highest BCUT2D eigenvalue weighted by Gasteiger charge is 2.50. The molecule has 1 aromatic carbocycles. The zero-order valence-corrected chi connectivity index (χ0v) is 14.3. The number of rotatable bonds is 6. The predicted molar refractivity (Wildman–Crippen MR) is 93.3 cm³/mol. The molecular weight excluding hydrogens is 317 g/mol. The normalized spacial score (nSPS) is 24.2. The maximum atomic E-state index is 13.1. The number of amides is 1. The van der Waals surface area contributed by atoms with E-state index < -0.39 is 0 Å². The molecule has 2 aliphatic rings. The molecule has 2 fully saturated rings. The van der Waals surface area contributed by atoms with Gasteiger partial charge in [0.15, 0.2) is 0 Å². The van der Waals surface area contributed by atoms with Crippen LogP contribution in [0.1, 0.15) is 37.7 Å². The molecule has 5 heteroatoms. The number of benzene rings is 1. The number of halogens is 1. The average molecular weight is 341 g/mol. The third kappa shape index (κ3) is 3.60. The van der Waals surface area contributed by atoms with Crippen LogP contribution in [0, 0.1) is 17.2 Å². The van der Waals surface area contributed by atoms with Gasteiger partial charge in [0.2, 0.25) is 5.91 Å². The molecular formula is C20H24FN3O. The SMILES string of the molecule is O=C(N[C@H]1CCC[C@H]1Cc1ccc(F)cc1)C1(Cn2ccnc2)CC1. The Morgan fingerprint density at radius 2 is 2.08 bits per heavy atom. The van der Waals surface area contributed by atoms with E-state index in [1.165, 1.54) is 12.1 Å². The van der Waals surface area contributed by atoms with E-state index in [0.717, 1.165) is 44.1 Å². The molecule has 0 spiro atoms. The fraction of sp³-hybridized carbons (Fsp3) is 0.500. The van der Waals surface area contributed by atoms with Crippen LogP contribution in [-0.2, 0) is 17.8 Å². The Kier molecular flexibility index (Phi) is 4.32. The fourth-order valence-electron chi connectivity index (χ4n) is 4.05. The number of hydrogen-bond acceptors (Lipinski definition) is 2. The van der Waals surface area contributed by atoms with E-state index in [-0.39, 0.29) is 23.2 Å². The van der Waals surface area contributed by atoms with Crippen LogP contribution < -0.4 is 5.32 Å². The molecule has 4 nitrogen and oxygen atoms in total. The van der Waals surface area contributed by atoms with E-state index in [9.17, 15) is 9.18 Å². The second-order valence-corrected chi connectivity index (χ2v) is 7.62. The van der Waals surface area contributed by atoms with Crippen LogP contribution >= 0.6 is 0 Å². The summed E-state index contributed by atoms with van der Waals surface area (Å²) < 4.78 is 15.1. The van der Waals surface area contributed by atoms with Crippen molar-refractivity contribution in [3.05, 3.63) is 54.4 Å². The number of aromatic nitrogens is 2. The molecule has 0 aliphatic heterocycles. The van der Waals surface area contributed by atoms with Gasteiger partial charge in [-0.05, 0) is 55.7 Å². The average Bonchev–Trinajstić information content (AvgIpc) is 2.99. The van der Waals surface area contributed by atoms with Crippen LogP contribution in [0.3, 0.4) is 0 Å². The summed E-state index contributed by atoms with van der Waals surface area (Å²) in [5.41, 5.74) is 0.899. The van der Waals surface area contributed by atoms with Gasteiger partial charge in [-0.3, -0.25) is 4.79 Å². The topological polar surface area (TPSA) is 46.9 Å². The number of nitrogens with one attached hydrogen (secondary N) is 1. The van der Waals surface area contributed by atoms with E-state index >= 15 is 0 Å². The number of nitrogens with zero attached hydrogens (tertiary/aromatic N) is 2. The highest BCUT2D eigenvalue weighted by atomic mass is 19.1. The molecule has 132 valence electrons. The maximum absolute atomic E-state index is 13.1. The van der Waals surface area contributed by atoms with E-state index in [2.05, 4.69) is 10.3 Å². The van der Waals surface area contributed by atoms with Crippen LogP contribution in [0.4, 0.5) is 4.39 Å². The highest BCUT2D eigenvalue weighted by Crippen LogP contribution is 2.47. The van der Waals surface area contributed by atoms with Crippen molar-refractivity contribution in [3.8, 4) is 0 Å². The second-order valence-electron chi connectivity index (χ2n) is 7.62. The zero-order valence-electron chi connectivity index (χ0n) is 14.3. The van der Waals surface area contributed by atoms with E-state index in [1.54, 1.807) is 12.5 Å². The van der Waals surface area contributed by atoms with Crippen molar-refractivity contribution in [2.45, 2.75) is 51.1 Å². The summed E-state index contributed by atoms with van der Waals surface area (Å²) in [7, 11) is 0. The van der Waals surface area contributed by atoms with Gasteiger partial charge in [0, 0.05) is 25.0 Å². The maximum Gasteiger partial charge on any atom is 0.228 e. The van der Waals surface area contributed by atoms with Crippen LogP contribution in [-0.4, -0.2) is 21.5 Å². The molecule has 2 atom stereocenters. The second kappa shape index (κ2) is 6.62. The largest absolute Gasteiger partial charge is 0.353 e. The Morgan fingerprint density at radius 1 is 1.28 bits per heavy atom.